The maximum atomic E-state index is 13.3. The molecule has 15 heavy (non-hydrogen) atoms. The highest BCUT2D eigenvalue weighted by molar-refractivity contribution is 5.64. The molecule has 0 atom stereocenters. The van der Waals surface area contributed by atoms with Crippen LogP contribution in [0.1, 0.15) is 0 Å². The van der Waals surface area contributed by atoms with E-state index < -0.39 is 17.5 Å². The summed E-state index contributed by atoms with van der Waals surface area (Å²) < 4.78 is 39.1. The van der Waals surface area contributed by atoms with Crippen molar-refractivity contribution in [3.05, 3.63) is 59.9 Å². The summed E-state index contributed by atoms with van der Waals surface area (Å²) in [5.41, 5.74) is 0.112. The Labute approximate surface area is 85.0 Å². The lowest BCUT2D eigenvalue weighted by molar-refractivity contribution is 0.587. The highest BCUT2D eigenvalue weighted by Crippen LogP contribution is 2.25. The van der Waals surface area contributed by atoms with Crippen molar-refractivity contribution in [2.45, 2.75) is 0 Å². The lowest BCUT2D eigenvalue weighted by atomic mass is 10.0. The van der Waals surface area contributed by atoms with E-state index in [0.29, 0.717) is 5.56 Å². The average Bonchev–Trinajstić information content (AvgIpc) is 2.20. The van der Waals surface area contributed by atoms with E-state index in [-0.39, 0.29) is 5.56 Å². The molecule has 0 bridgehead atoms. The molecule has 0 nitrogen and oxygen atoms in total. The molecule has 2 aromatic rings. The van der Waals surface area contributed by atoms with Gasteiger partial charge in [-0.15, -0.1) is 0 Å². The first-order chi connectivity index (χ1) is 7.18. The Morgan fingerprint density at radius 2 is 1.53 bits per heavy atom. The van der Waals surface area contributed by atoms with Gasteiger partial charge in [0.05, 0.1) is 5.56 Å². The van der Waals surface area contributed by atoms with Gasteiger partial charge in [-0.1, -0.05) is 12.1 Å². The number of rotatable bonds is 1. The van der Waals surface area contributed by atoms with Crippen molar-refractivity contribution in [2.24, 2.45) is 0 Å². The van der Waals surface area contributed by atoms with Gasteiger partial charge in [0.2, 0.25) is 0 Å². The van der Waals surface area contributed by atoms with Gasteiger partial charge in [0, 0.05) is 6.07 Å². The summed E-state index contributed by atoms with van der Waals surface area (Å²) in [6.07, 6.45) is 0. The third-order valence-corrected chi connectivity index (χ3v) is 2.03. The molecule has 3 heteroatoms. The Morgan fingerprint density at radius 3 is 2.13 bits per heavy atom. The quantitative estimate of drug-likeness (QED) is 0.670. The Bertz CT molecular complexity index is 454. The molecule has 0 aromatic heterocycles. The van der Waals surface area contributed by atoms with Crippen LogP contribution in [0.4, 0.5) is 13.2 Å². The summed E-state index contributed by atoms with van der Waals surface area (Å²) in [6.45, 7) is 0. The van der Waals surface area contributed by atoms with Crippen molar-refractivity contribution in [1.82, 2.24) is 0 Å². The minimum absolute atomic E-state index is 0.183. The second kappa shape index (κ2) is 3.77. The van der Waals surface area contributed by atoms with Crippen LogP contribution in [0.3, 0.4) is 0 Å². The maximum Gasteiger partial charge on any atom is 0.141 e. The molecule has 1 radical (unpaired) electrons. The van der Waals surface area contributed by atoms with Crippen LogP contribution in [-0.4, -0.2) is 0 Å². The molecule has 2 aromatic carbocycles. The number of benzene rings is 2. The Kier molecular flexibility index (Phi) is 2.46. The molecule has 0 saturated carbocycles. The van der Waals surface area contributed by atoms with Crippen LogP contribution in [0.5, 0.6) is 0 Å². The van der Waals surface area contributed by atoms with Crippen molar-refractivity contribution in [1.29, 1.82) is 0 Å². The largest absolute Gasteiger partial charge is 0.207 e. The van der Waals surface area contributed by atoms with Crippen LogP contribution in [0.25, 0.3) is 11.1 Å². The molecule has 0 heterocycles. The molecule has 0 saturated heterocycles. The van der Waals surface area contributed by atoms with Crippen LogP contribution in [-0.2, 0) is 0 Å². The Balaban J connectivity index is 2.58. The predicted molar refractivity (Wildman–Crippen MR) is 50.6 cm³/mol. The maximum absolute atomic E-state index is 13.3. The molecule has 0 aliphatic carbocycles. The normalized spacial score (nSPS) is 10.3. The van der Waals surface area contributed by atoms with Gasteiger partial charge in [-0.05, 0) is 29.8 Å². The smallest absolute Gasteiger partial charge is 0.141 e. The van der Waals surface area contributed by atoms with Crippen LogP contribution in [0.15, 0.2) is 36.4 Å². The molecule has 0 aliphatic rings. The van der Waals surface area contributed by atoms with Gasteiger partial charge >= 0.3 is 0 Å². The number of hydrogen-bond acceptors (Lipinski definition) is 0. The van der Waals surface area contributed by atoms with Gasteiger partial charge in [-0.2, -0.15) is 0 Å². The van der Waals surface area contributed by atoms with E-state index in [0.717, 1.165) is 24.3 Å². The van der Waals surface area contributed by atoms with Crippen LogP contribution in [0.2, 0.25) is 0 Å². The second-order valence-electron chi connectivity index (χ2n) is 3.02. The fourth-order valence-corrected chi connectivity index (χ4v) is 1.33. The van der Waals surface area contributed by atoms with Gasteiger partial charge < -0.3 is 0 Å². The monoisotopic (exact) mass is 207 g/mol. The van der Waals surface area contributed by atoms with Gasteiger partial charge in [0.1, 0.15) is 17.5 Å². The zero-order valence-electron chi connectivity index (χ0n) is 7.60. The Morgan fingerprint density at radius 1 is 0.867 bits per heavy atom. The average molecular weight is 207 g/mol. The first-order valence-corrected chi connectivity index (χ1v) is 4.30. The summed E-state index contributed by atoms with van der Waals surface area (Å²) >= 11 is 0. The van der Waals surface area contributed by atoms with Gasteiger partial charge in [0.15, 0.2) is 0 Å². The highest BCUT2D eigenvalue weighted by Gasteiger charge is 2.10. The molecule has 0 aliphatic heterocycles. The first kappa shape index (κ1) is 9.77. The van der Waals surface area contributed by atoms with Crippen molar-refractivity contribution >= 4 is 0 Å². The van der Waals surface area contributed by atoms with Crippen LogP contribution in [0, 0.1) is 23.5 Å². The van der Waals surface area contributed by atoms with E-state index >= 15 is 0 Å². The van der Waals surface area contributed by atoms with Gasteiger partial charge in [0.25, 0.3) is 0 Å². The molecule has 0 amide bonds. The lowest BCUT2D eigenvalue weighted by Crippen LogP contribution is -1.89. The summed E-state index contributed by atoms with van der Waals surface area (Å²) in [7, 11) is 0. The zero-order valence-corrected chi connectivity index (χ0v) is 7.60. The summed E-state index contributed by atoms with van der Waals surface area (Å²) in [6, 6.07) is 9.49. The van der Waals surface area contributed by atoms with Gasteiger partial charge in [-0.25, -0.2) is 13.2 Å². The lowest BCUT2D eigenvalue weighted by Gasteiger charge is -2.04. The topological polar surface area (TPSA) is 0 Å². The number of halogens is 3. The first-order valence-electron chi connectivity index (χ1n) is 4.30. The van der Waals surface area contributed by atoms with Crippen LogP contribution >= 0.6 is 0 Å². The van der Waals surface area contributed by atoms with Crippen molar-refractivity contribution in [3.8, 4) is 11.1 Å². The molecule has 2 rings (SSSR count). The van der Waals surface area contributed by atoms with Crippen molar-refractivity contribution in [2.75, 3.05) is 0 Å². The number of hydrogen-bond donors (Lipinski definition) is 0. The van der Waals surface area contributed by atoms with E-state index in [1.807, 2.05) is 0 Å². The predicted octanol–water partition coefficient (Wildman–Crippen LogP) is 3.57. The summed E-state index contributed by atoms with van der Waals surface area (Å²) in [5.74, 6) is -1.90. The van der Waals surface area contributed by atoms with E-state index in [1.54, 1.807) is 0 Å². The third kappa shape index (κ3) is 1.86. The highest BCUT2D eigenvalue weighted by atomic mass is 19.1. The SMILES string of the molecule is Fc1ccc(-c2c(F)[c]ccc2F)cc1. The van der Waals surface area contributed by atoms with Crippen molar-refractivity contribution in [3.63, 3.8) is 0 Å². The van der Waals surface area contributed by atoms with E-state index in [2.05, 4.69) is 6.07 Å². The fourth-order valence-electron chi connectivity index (χ4n) is 1.33. The third-order valence-electron chi connectivity index (χ3n) is 2.03. The molecule has 0 fully saturated rings. The van der Waals surface area contributed by atoms with Gasteiger partial charge in [-0.3, -0.25) is 0 Å². The van der Waals surface area contributed by atoms with Crippen LogP contribution < -0.4 is 0 Å². The van der Waals surface area contributed by atoms with E-state index in [4.69, 9.17) is 0 Å². The molecular weight excluding hydrogens is 201 g/mol. The Hall–Kier alpha value is -1.77. The van der Waals surface area contributed by atoms with Crippen molar-refractivity contribution < 1.29 is 13.2 Å². The zero-order chi connectivity index (χ0) is 10.8. The van der Waals surface area contributed by atoms with E-state index in [9.17, 15) is 13.2 Å². The fraction of sp³-hybridized carbons (Fsp3) is 0. The minimum atomic E-state index is -0.776. The summed E-state index contributed by atoms with van der Waals surface area (Å²) in [4.78, 5) is 0. The molecular formula is C12H6F3. The summed E-state index contributed by atoms with van der Waals surface area (Å²) in [5, 5.41) is 0. The van der Waals surface area contributed by atoms with E-state index in [1.165, 1.54) is 12.1 Å². The second-order valence-corrected chi connectivity index (χ2v) is 3.02. The molecule has 75 valence electrons. The minimum Gasteiger partial charge on any atom is -0.207 e. The molecule has 0 N–H and O–H groups in total. The molecule has 0 spiro atoms. The molecule has 0 unspecified atom stereocenters. The standard InChI is InChI=1S/C12H6F3/c13-9-6-4-8(5-7-9)12-10(14)2-1-3-11(12)15/h1-2,4-7H.